The number of rotatable bonds is 9. The highest BCUT2D eigenvalue weighted by Crippen LogP contribution is 2.24. The molecule has 2 aromatic rings. The van der Waals surface area contributed by atoms with Gasteiger partial charge in [0.15, 0.2) is 4.34 Å². The van der Waals surface area contributed by atoms with E-state index in [4.69, 9.17) is 0 Å². The fourth-order valence-electron chi connectivity index (χ4n) is 1.46. The van der Waals surface area contributed by atoms with E-state index in [0.29, 0.717) is 18.8 Å². The Morgan fingerprint density at radius 2 is 2.38 bits per heavy atom. The molecule has 0 aromatic carbocycles. The Morgan fingerprint density at radius 1 is 1.48 bits per heavy atom. The SMILES string of the molecule is C=CCNc1nnc(SCC(=O)NCCc2cccs2)s1. The Morgan fingerprint density at radius 3 is 3.14 bits per heavy atom. The van der Waals surface area contributed by atoms with E-state index in [-0.39, 0.29) is 5.91 Å². The maximum atomic E-state index is 11.7. The molecular weight excluding hydrogens is 324 g/mol. The predicted octanol–water partition coefficient (Wildman–Crippen LogP) is 2.65. The number of hydrogen-bond acceptors (Lipinski definition) is 7. The zero-order valence-electron chi connectivity index (χ0n) is 11.4. The quantitative estimate of drug-likeness (QED) is 0.543. The van der Waals surface area contributed by atoms with Crippen LogP contribution < -0.4 is 10.6 Å². The minimum absolute atomic E-state index is 0.0207. The summed E-state index contributed by atoms with van der Waals surface area (Å²) < 4.78 is 0.787. The Labute approximate surface area is 135 Å². The highest BCUT2D eigenvalue weighted by molar-refractivity contribution is 8.01. The number of amides is 1. The highest BCUT2D eigenvalue weighted by atomic mass is 32.2. The van der Waals surface area contributed by atoms with Crippen molar-refractivity contribution >= 4 is 45.5 Å². The van der Waals surface area contributed by atoms with Crippen molar-refractivity contribution in [3.63, 3.8) is 0 Å². The molecule has 112 valence electrons. The molecule has 2 N–H and O–H groups in total. The number of hydrogen-bond donors (Lipinski definition) is 2. The van der Waals surface area contributed by atoms with E-state index in [1.165, 1.54) is 28.0 Å². The number of anilines is 1. The second-order valence-corrected chi connectivity index (χ2v) is 7.24. The second kappa shape index (κ2) is 8.81. The number of nitrogens with zero attached hydrogens (tertiary/aromatic N) is 2. The monoisotopic (exact) mass is 340 g/mol. The molecule has 21 heavy (non-hydrogen) atoms. The minimum atomic E-state index is 0.0207. The topological polar surface area (TPSA) is 66.9 Å². The lowest BCUT2D eigenvalue weighted by molar-refractivity contribution is -0.118. The van der Waals surface area contributed by atoms with E-state index in [9.17, 15) is 4.79 Å². The van der Waals surface area contributed by atoms with Crippen LogP contribution in [0.1, 0.15) is 4.88 Å². The molecule has 0 aliphatic rings. The number of thioether (sulfide) groups is 1. The smallest absolute Gasteiger partial charge is 0.230 e. The van der Waals surface area contributed by atoms with E-state index >= 15 is 0 Å². The third kappa shape index (κ3) is 5.86. The first-order valence-electron chi connectivity index (χ1n) is 6.38. The Kier molecular flexibility index (Phi) is 6.71. The van der Waals surface area contributed by atoms with Crippen molar-refractivity contribution < 1.29 is 4.79 Å². The molecule has 1 amide bonds. The predicted molar refractivity (Wildman–Crippen MR) is 90.4 cm³/mol. The first-order chi connectivity index (χ1) is 10.3. The lowest BCUT2D eigenvalue weighted by Crippen LogP contribution is -2.27. The van der Waals surface area contributed by atoms with Crippen LogP contribution >= 0.6 is 34.4 Å². The largest absolute Gasteiger partial charge is 0.357 e. The van der Waals surface area contributed by atoms with Crippen LogP contribution in [0, 0.1) is 0 Å². The van der Waals surface area contributed by atoms with E-state index in [1.54, 1.807) is 17.4 Å². The van der Waals surface area contributed by atoms with Crippen molar-refractivity contribution in [1.82, 2.24) is 15.5 Å². The van der Waals surface area contributed by atoms with Gasteiger partial charge >= 0.3 is 0 Å². The summed E-state index contributed by atoms with van der Waals surface area (Å²) in [4.78, 5) is 13.0. The van der Waals surface area contributed by atoms with Gasteiger partial charge in [-0.3, -0.25) is 4.79 Å². The highest BCUT2D eigenvalue weighted by Gasteiger charge is 2.07. The zero-order chi connectivity index (χ0) is 14.9. The number of nitrogens with one attached hydrogen (secondary N) is 2. The first kappa shape index (κ1) is 16.0. The normalized spacial score (nSPS) is 10.3. The van der Waals surface area contributed by atoms with E-state index in [1.807, 2.05) is 11.4 Å². The van der Waals surface area contributed by atoms with Crippen molar-refractivity contribution in [3.8, 4) is 0 Å². The third-order valence-electron chi connectivity index (χ3n) is 2.40. The number of aromatic nitrogens is 2. The molecule has 2 aromatic heterocycles. The first-order valence-corrected chi connectivity index (χ1v) is 9.06. The molecule has 5 nitrogen and oxygen atoms in total. The molecule has 0 bridgehead atoms. The average molecular weight is 340 g/mol. The Hall–Kier alpha value is -1.38. The molecule has 0 radical (unpaired) electrons. The minimum Gasteiger partial charge on any atom is -0.357 e. The van der Waals surface area contributed by atoms with Crippen LogP contribution in [-0.4, -0.2) is 34.9 Å². The molecule has 0 saturated carbocycles. The summed E-state index contributed by atoms with van der Waals surface area (Å²) >= 11 is 4.55. The van der Waals surface area contributed by atoms with Crippen LogP contribution in [0.5, 0.6) is 0 Å². The summed E-state index contributed by atoms with van der Waals surface area (Å²) in [7, 11) is 0. The van der Waals surface area contributed by atoms with Gasteiger partial charge in [-0.25, -0.2) is 0 Å². The lowest BCUT2D eigenvalue weighted by atomic mass is 10.3. The zero-order valence-corrected chi connectivity index (χ0v) is 13.8. The summed E-state index contributed by atoms with van der Waals surface area (Å²) in [5, 5.41) is 16.8. The molecule has 0 saturated heterocycles. The molecular formula is C13H16N4OS3. The van der Waals surface area contributed by atoms with Gasteiger partial charge in [-0.1, -0.05) is 35.2 Å². The van der Waals surface area contributed by atoms with Gasteiger partial charge in [-0.2, -0.15) is 0 Å². The van der Waals surface area contributed by atoms with Crippen LogP contribution in [0.4, 0.5) is 5.13 Å². The van der Waals surface area contributed by atoms with Gasteiger partial charge < -0.3 is 10.6 Å². The third-order valence-corrected chi connectivity index (χ3v) is 5.35. The summed E-state index contributed by atoms with van der Waals surface area (Å²) in [6.45, 7) is 4.95. The molecule has 0 spiro atoms. The summed E-state index contributed by atoms with van der Waals surface area (Å²) in [5.41, 5.74) is 0. The molecule has 2 heterocycles. The summed E-state index contributed by atoms with van der Waals surface area (Å²) in [6.07, 6.45) is 2.64. The maximum absolute atomic E-state index is 11.7. The molecule has 0 aliphatic heterocycles. The number of thiophene rings is 1. The van der Waals surface area contributed by atoms with E-state index in [2.05, 4.69) is 33.5 Å². The van der Waals surface area contributed by atoms with Gasteiger partial charge in [0.2, 0.25) is 11.0 Å². The van der Waals surface area contributed by atoms with Crippen LogP contribution in [0.2, 0.25) is 0 Å². The van der Waals surface area contributed by atoms with Crippen LogP contribution in [0.3, 0.4) is 0 Å². The van der Waals surface area contributed by atoms with E-state index < -0.39 is 0 Å². The average Bonchev–Trinajstić information content (AvgIpc) is 3.14. The van der Waals surface area contributed by atoms with Gasteiger partial charge in [0.1, 0.15) is 0 Å². The summed E-state index contributed by atoms with van der Waals surface area (Å²) in [5.74, 6) is 0.382. The Balaban J connectivity index is 1.64. The van der Waals surface area contributed by atoms with Crippen molar-refractivity contribution in [2.45, 2.75) is 10.8 Å². The van der Waals surface area contributed by atoms with Crippen LogP contribution in [-0.2, 0) is 11.2 Å². The Bertz CT molecular complexity index is 568. The number of carbonyl (C=O) groups excluding carboxylic acids is 1. The van der Waals surface area contributed by atoms with Crippen LogP contribution in [0.25, 0.3) is 0 Å². The van der Waals surface area contributed by atoms with Gasteiger partial charge in [-0.15, -0.1) is 28.1 Å². The molecule has 0 unspecified atom stereocenters. The van der Waals surface area contributed by atoms with Crippen molar-refractivity contribution in [1.29, 1.82) is 0 Å². The molecule has 0 fully saturated rings. The van der Waals surface area contributed by atoms with E-state index in [0.717, 1.165) is 15.9 Å². The standard InChI is InChI=1S/C13H16N4OS3/c1-2-6-15-12-16-17-13(21-12)20-9-11(18)14-7-5-10-4-3-8-19-10/h2-4,8H,1,5-7,9H2,(H,14,18)(H,15,16). The van der Waals surface area contributed by atoms with Crippen molar-refractivity contribution in [2.24, 2.45) is 0 Å². The van der Waals surface area contributed by atoms with Crippen molar-refractivity contribution in [2.75, 3.05) is 24.2 Å². The molecule has 2 rings (SSSR count). The fourth-order valence-corrected chi connectivity index (χ4v) is 3.75. The van der Waals surface area contributed by atoms with Gasteiger partial charge in [0.25, 0.3) is 0 Å². The van der Waals surface area contributed by atoms with Crippen LogP contribution in [0.15, 0.2) is 34.5 Å². The second-order valence-electron chi connectivity index (χ2n) is 4.01. The molecule has 8 heteroatoms. The van der Waals surface area contributed by atoms with Gasteiger partial charge in [-0.05, 0) is 17.9 Å². The fraction of sp³-hybridized carbons (Fsp3) is 0.308. The van der Waals surface area contributed by atoms with Gasteiger partial charge in [0, 0.05) is 18.0 Å². The molecule has 0 atom stereocenters. The maximum Gasteiger partial charge on any atom is 0.230 e. The van der Waals surface area contributed by atoms with Crippen molar-refractivity contribution in [3.05, 3.63) is 35.0 Å². The lowest BCUT2D eigenvalue weighted by Gasteiger charge is -2.02. The molecule has 0 aliphatic carbocycles. The summed E-state index contributed by atoms with van der Waals surface area (Å²) in [6, 6.07) is 4.09. The van der Waals surface area contributed by atoms with Gasteiger partial charge in [0.05, 0.1) is 5.75 Å². The number of carbonyl (C=O) groups is 1.